The van der Waals surface area contributed by atoms with Gasteiger partial charge in [-0.2, -0.15) is 0 Å². The minimum absolute atomic E-state index is 0.271. The van der Waals surface area contributed by atoms with Crippen LogP contribution in [0.4, 0.5) is 0 Å². The summed E-state index contributed by atoms with van der Waals surface area (Å²) in [7, 11) is 1.44. The zero-order chi connectivity index (χ0) is 16.2. The number of esters is 2. The summed E-state index contributed by atoms with van der Waals surface area (Å²) in [6.45, 7) is 4.15. The number of hydrogen-bond donors (Lipinski definition) is 0. The van der Waals surface area contributed by atoms with Crippen LogP contribution in [0.1, 0.15) is 32.4 Å². The highest BCUT2D eigenvalue weighted by Gasteiger charge is 2.26. The van der Waals surface area contributed by atoms with Crippen molar-refractivity contribution in [1.82, 2.24) is 0 Å². The molecule has 5 nitrogen and oxygen atoms in total. The van der Waals surface area contributed by atoms with Gasteiger partial charge in [0.15, 0.2) is 11.9 Å². The van der Waals surface area contributed by atoms with E-state index in [1.54, 1.807) is 19.1 Å². The van der Waals surface area contributed by atoms with Crippen LogP contribution in [0.15, 0.2) is 12.1 Å². The van der Waals surface area contributed by atoms with E-state index in [-0.39, 0.29) is 10.0 Å². The number of rotatable bonds is 5. The smallest absolute Gasteiger partial charge is 0.303 e. The second-order valence-corrected chi connectivity index (χ2v) is 5.18. The van der Waals surface area contributed by atoms with Crippen molar-refractivity contribution < 1.29 is 23.8 Å². The van der Waals surface area contributed by atoms with Crippen molar-refractivity contribution in [2.75, 3.05) is 7.11 Å². The first-order valence-corrected chi connectivity index (χ1v) is 6.89. The van der Waals surface area contributed by atoms with Crippen molar-refractivity contribution in [1.29, 1.82) is 0 Å². The predicted molar refractivity (Wildman–Crippen MR) is 78.7 cm³/mol. The number of ether oxygens (including phenoxy) is 3. The van der Waals surface area contributed by atoms with Crippen LogP contribution in [0.2, 0.25) is 10.0 Å². The molecule has 0 aliphatic heterocycles. The molecule has 1 aromatic carbocycles. The lowest BCUT2D eigenvalue weighted by molar-refractivity contribution is -0.164. The highest BCUT2D eigenvalue weighted by atomic mass is 35.5. The molecular weight excluding hydrogens is 326 g/mol. The van der Waals surface area contributed by atoms with Gasteiger partial charge in [-0.15, -0.1) is 0 Å². The van der Waals surface area contributed by atoms with Crippen LogP contribution in [0, 0.1) is 0 Å². The van der Waals surface area contributed by atoms with Crippen LogP contribution in [-0.4, -0.2) is 25.2 Å². The van der Waals surface area contributed by atoms with Crippen LogP contribution in [0.5, 0.6) is 5.75 Å². The summed E-state index contributed by atoms with van der Waals surface area (Å²) in [4.78, 5) is 22.3. The van der Waals surface area contributed by atoms with Gasteiger partial charge >= 0.3 is 11.9 Å². The molecule has 7 heteroatoms. The number of halogens is 2. The normalized spacial score (nSPS) is 13.2. The summed E-state index contributed by atoms with van der Waals surface area (Å²) >= 11 is 12.1. The van der Waals surface area contributed by atoms with Gasteiger partial charge in [0.2, 0.25) is 0 Å². The van der Waals surface area contributed by atoms with E-state index in [1.807, 2.05) is 0 Å². The van der Waals surface area contributed by atoms with Crippen molar-refractivity contribution in [3.63, 3.8) is 0 Å². The average Bonchev–Trinajstić information content (AvgIpc) is 2.34. The third-order valence-electron chi connectivity index (χ3n) is 2.62. The lowest BCUT2D eigenvalue weighted by Crippen LogP contribution is -2.25. The van der Waals surface area contributed by atoms with E-state index in [2.05, 4.69) is 0 Å². The van der Waals surface area contributed by atoms with Crippen LogP contribution in [0.25, 0.3) is 0 Å². The fourth-order valence-corrected chi connectivity index (χ4v) is 2.53. The van der Waals surface area contributed by atoms with Crippen molar-refractivity contribution >= 4 is 35.1 Å². The molecular formula is C14H16Cl2O5. The Balaban J connectivity index is 3.19. The molecule has 0 spiro atoms. The Hall–Kier alpha value is -1.46. The summed E-state index contributed by atoms with van der Waals surface area (Å²) in [6, 6.07) is 3.11. The van der Waals surface area contributed by atoms with Crippen molar-refractivity contribution in [3.05, 3.63) is 27.7 Å². The van der Waals surface area contributed by atoms with E-state index in [0.29, 0.717) is 11.3 Å². The second kappa shape index (κ2) is 7.52. The molecule has 0 aliphatic carbocycles. The van der Waals surface area contributed by atoms with Gasteiger partial charge in [-0.1, -0.05) is 23.2 Å². The maximum Gasteiger partial charge on any atom is 0.303 e. The van der Waals surface area contributed by atoms with Crippen molar-refractivity contribution in [2.24, 2.45) is 0 Å². The minimum Gasteiger partial charge on any atom is -0.494 e. The summed E-state index contributed by atoms with van der Waals surface area (Å²) in [5, 5.41) is 0.541. The van der Waals surface area contributed by atoms with Gasteiger partial charge in [0.1, 0.15) is 6.10 Å². The van der Waals surface area contributed by atoms with Gasteiger partial charge in [-0.05, 0) is 24.6 Å². The standard InChI is InChI=1S/C14H16Cl2O5/c1-7(20-8(2)17)13(21-9(3)18)10-5-11(15)14(19-4)12(16)6-10/h5-7,13H,1-4H3/t7-,13-/m0/s1/i5+1,6+1,10+1,11+1,12+1,13+1,14+1. The second-order valence-electron chi connectivity index (χ2n) is 4.36. The molecule has 0 radical (unpaired) electrons. The van der Waals surface area contributed by atoms with E-state index < -0.39 is 24.1 Å². The summed E-state index contributed by atoms with van der Waals surface area (Å²) in [5.41, 5.74) is 0.509. The Labute approximate surface area is 133 Å². The monoisotopic (exact) mass is 341 g/mol. The molecule has 0 saturated carbocycles. The molecule has 21 heavy (non-hydrogen) atoms. The molecule has 0 aliphatic rings. The first-order valence-electron chi connectivity index (χ1n) is 6.13. The Morgan fingerprint density at radius 1 is 1.05 bits per heavy atom. The van der Waals surface area contributed by atoms with Crippen molar-refractivity contribution in [2.45, 2.75) is 33.0 Å². The Morgan fingerprint density at radius 3 is 1.90 bits per heavy atom. The van der Waals surface area contributed by atoms with Crippen LogP contribution < -0.4 is 4.74 Å². The zero-order valence-corrected chi connectivity index (χ0v) is 13.6. The average molecular weight is 342 g/mol. The molecule has 0 amide bonds. The molecule has 0 heterocycles. The van der Waals surface area contributed by atoms with Gasteiger partial charge < -0.3 is 14.2 Å². The predicted octanol–water partition coefficient (Wildman–Crippen LogP) is 3.56. The SMILES string of the molecule is CO[13c]1[13c](Cl)[13cH][13c]([13C@@H](OC(C)=O)[C@H](C)OC(C)=O)[13cH][13c]1Cl. The molecule has 0 fully saturated rings. The molecule has 1 aromatic rings. The molecule has 116 valence electrons. The van der Waals surface area contributed by atoms with Crippen LogP contribution >= 0.6 is 23.2 Å². The maximum absolute atomic E-state index is 11.3. The largest absolute Gasteiger partial charge is 0.494 e. The number of methoxy groups -OCH3 is 1. The lowest BCUT2D eigenvalue weighted by Gasteiger charge is -2.24. The van der Waals surface area contributed by atoms with Crippen LogP contribution in [-0.2, 0) is 19.1 Å². The Bertz CT molecular complexity index is 521. The highest BCUT2D eigenvalue weighted by molar-refractivity contribution is 6.37. The number of benzene rings is 1. The van der Waals surface area contributed by atoms with Gasteiger partial charge in [0.05, 0.1) is 17.2 Å². The minimum atomic E-state index is -0.813. The summed E-state index contributed by atoms with van der Waals surface area (Å²) < 4.78 is 15.3. The zero-order valence-electron chi connectivity index (χ0n) is 12.1. The number of carbonyl (C=O) groups is 2. The Morgan fingerprint density at radius 2 is 1.52 bits per heavy atom. The fourth-order valence-electron chi connectivity index (χ4n) is 1.88. The van der Waals surface area contributed by atoms with E-state index in [1.165, 1.54) is 21.0 Å². The molecule has 0 aromatic heterocycles. The van der Waals surface area contributed by atoms with E-state index >= 15 is 0 Å². The van der Waals surface area contributed by atoms with Gasteiger partial charge in [-0.3, -0.25) is 9.59 Å². The molecule has 0 unspecified atom stereocenters. The number of carbonyl (C=O) groups excluding carboxylic acids is 2. The third kappa shape index (κ3) is 4.79. The van der Waals surface area contributed by atoms with Gasteiger partial charge in [0, 0.05) is 13.8 Å². The van der Waals surface area contributed by atoms with Gasteiger partial charge in [0.25, 0.3) is 0 Å². The summed E-state index contributed by atoms with van der Waals surface area (Å²) in [6.07, 6.45) is -1.50. The van der Waals surface area contributed by atoms with E-state index in [9.17, 15) is 9.59 Å². The third-order valence-corrected chi connectivity index (χ3v) is 3.19. The Kier molecular flexibility index (Phi) is 6.30. The quantitative estimate of drug-likeness (QED) is 0.605. The number of hydrogen-bond acceptors (Lipinski definition) is 5. The molecule has 2 atom stereocenters. The maximum atomic E-state index is 11.3. The van der Waals surface area contributed by atoms with Crippen LogP contribution in [0.3, 0.4) is 0 Å². The fraction of sp³-hybridized carbons (Fsp3) is 0.429. The first-order chi connectivity index (χ1) is 9.76. The molecule has 1 rings (SSSR count). The van der Waals surface area contributed by atoms with Gasteiger partial charge in [-0.25, -0.2) is 0 Å². The lowest BCUT2D eigenvalue weighted by atomic mass is 10.5. The first kappa shape index (κ1) is 17.6. The molecule has 0 N–H and O–H groups in total. The van der Waals surface area contributed by atoms with E-state index in [4.69, 9.17) is 37.4 Å². The topological polar surface area (TPSA) is 61.8 Å². The summed E-state index contributed by atoms with van der Waals surface area (Å²) in [5.74, 6) is -0.670. The van der Waals surface area contributed by atoms with E-state index in [0.717, 1.165) is 0 Å². The van der Waals surface area contributed by atoms with Crippen molar-refractivity contribution in [3.8, 4) is 5.75 Å². The molecule has 0 saturated heterocycles. The highest BCUT2D eigenvalue weighted by Crippen LogP contribution is 2.37. The molecule has 0 bridgehead atoms.